The van der Waals surface area contributed by atoms with Gasteiger partial charge < -0.3 is 10.4 Å². The van der Waals surface area contributed by atoms with Crippen LogP contribution in [0.4, 0.5) is 11.4 Å². The van der Waals surface area contributed by atoms with E-state index in [0.29, 0.717) is 12.1 Å². The number of rotatable bonds is 11. The van der Waals surface area contributed by atoms with E-state index >= 15 is 0 Å². The minimum Gasteiger partial charge on any atom is -0.478 e. The third-order valence-corrected chi connectivity index (χ3v) is 5.68. The van der Waals surface area contributed by atoms with E-state index in [4.69, 9.17) is 10.1 Å². The first-order valence-corrected chi connectivity index (χ1v) is 11.6. The Labute approximate surface area is 214 Å². The van der Waals surface area contributed by atoms with Crippen LogP contribution in [-0.4, -0.2) is 22.2 Å². The number of carbonyl (C=O) groups is 2. The van der Waals surface area contributed by atoms with Gasteiger partial charge in [0.05, 0.1) is 23.4 Å². The summed E-state index contributed by atoms with van der Waals surface area (Å²) in [5.74, 6) is -1.63. The molecule has 0 unspecified atom stereocenters. The molecule has 0 aliphatic heterocycles. The Balaban J connectivity index is 1.38. The van der Waals surface area contributed by atoms with Crippen molar-refractivity contribution in [3.63, 3.8) is 0 Å². The molecule has 0 saturated carbocycles. The van der Waals surface area contributed by atoms with Crippen LogP contribution >= 0.6 is 0 Å². The van der Waals surface area contributed by atoms with Gasteiger partial charge in [-0.15, -0.1) is 0 Å². The summed E-state index contributed by atoms with van der Waals surface area (Å²) in [7, 11) is 0. The highest BCUT2D eigenvalue weighted by atomic mass is 17.1. The summed E-state index contributed by atoms with van der Waals surface area (Å²) in [6, 6.07) is 28.8. The van der Waals surface area contributed by atoms with Gasteiger partial charge in [-0.3, -0.25) is 20.4 Å². The lowest BCUT2D eigenvalue weighted by atomic mass is 10.0. The molecule has 4 N–H and O–H groups in total. The molecular weight excluding hydrogens is 472 g/mol. The van der Waals surface area contributed by atoms with Crippen LogP contribution in [0.2, 0.25) is 0 Å². The molecule has 0 aliphatic rings. The molecule has 8 heteroatoms. The molecule has 0 atom stereocenters. The zero-order chi connectivity index (χ0) is 26.0. The topological polar surface area (TPSA) is 117 Å². The molecule has 188 valence electrons. The summed E-state index contributed by atoms with van der Waals surface area (Å²) in [6.45, 7) is 0.372. The number of benzene rings is 4. The zero-order valence-corrected chi connectivity index (χ0v) is 19.9. The van der Waals surface area contributed by atoms with E-state index in [1.165, 1.54) is 12.1 Å². The predicted octanol–water partition coefficient (Wildman–Crippen LogP) is 5.76. The minimum absolute atomic E-state index is 0.0482. The van der Waals surface area contributed by atoms with Crippen molar-refractivity contribution < 1.29 is 29.7 Å². The van der Waals surface area contributed by atoms with E-state index in [1.54, 1.807) is 18.2 Å². The van der Waals surface area contributed by atoms with Gasteiger partial charge in [0.1, 0.15) is 6.61 Å². The average molecular weight is 499 g/mol. The lowest BCUT2D eigenvalue weighted by Crippen LogP contribution is -2.16. The molecule has 4 rings (SSSR count). The van der Waals surface area contributed by atoms with E-state index < -0.39 is 11.9 Å². The lowest BCUT2D eigenvalue weighted by Gasteiger charge is -2.12. The second-order valence-electron chi connectivity index (χ2n) is 8.32. The summed E-state index contributed by atoms with van der Waals surface area (Å²) in [6.07, 6.45) is 0.613. The maximum atomic E-state index is 12.7. The fourth-order valence-electron chi connectivity index (χ4n) is 3.91. The largest absolute Gasteiger partial charge is 0.478 e. The highest BCUT2D eigenvalue weighted by Gasteiger charge is 2.16. The Morgan fingerprint density at radius 3 is 1.97 bits per heavy atom. The van der Waals surface area contributed by atoms with E-state index in [-0.39, 0.29) is 24.3 Å². The number of amides is 1. The van der Waals surface area contributed by atoms with Gasteiger partial charge in [-0.1, -0.05) is 60.7 Å². The van der Waals surface area contributed by atoms with Gasteiger partial charge in [-0.2, -0.15) is 0 Å². The molecule has 4 aromatic rings. The Morgan fingerprint density at radius 2 is 1.30 bits per heavy atom. The molecule has 4 aromatic carbocycles. The van der Waals surface area contributed by atoms with Crippen molar-refractivity contribution in [3.05, 3.63) is 130 Å². The van der Waals surface area contributed by atoms with Crippen LogP contribution < -0.4 is 10.8 Å². The monoisotopic (exact) mass is 498 g/mol. The molecule has 0 aromatic heterocycles. The number of carbonyl (C=O) groups excluding carboxylic acids is 1. The van der Waals surface area contributed by atoms with Gasteiger partial charge in [-0.25, -0.2) is 9.68 Å². The third kappa shape index (κ3) is 7.02. The summed E-state index contributed by atoms with van der Waals surface area (Å²) < 4.78 is 0. The van der Waals surface area contributed by atoms with Gasteiger partial charge in [0, 0.05) is 5.69 Å². The Morgan fingerprint density at radius 1 is 0.703 bits per heavy atom. The maximum Gasteiger partial charge on any atom is 0.336 e. The molecule has 0 fully saturated rings. The fraction of sp³-hybridized carbons (Fsp3) is 0.103. The Kier molecular flexibility index (Phi) is 8.62. The summed E-state index contributed by atoms with van der Waals surface area (Å²) >= 11 is 0. The van der Waals surface area contributed by atoms with E-state index in [2.05, 4.69) is 15.7 Å². The molecule has 0 radical (unpaired) electrons. The van der Waals surface area contributed by atoms with E-state index in [9.17, 15) is 14.7 Å². The fourth-order valence-corrected chi connectivity index (χ4v) is 3.91. The van der Waals surface area contributed by atoms with Crippen molar-refractivity contribution >= 4 is 23.3 Å². The highest BCUT2D eigenvalue weighted by molar-refractivity contribution is 6.10. The summed E-state index contributed by atoms with van der Waals surface area (Å²) in [5, 5.41) is 20.9. The van der Waals surface area contributed by atoms with Gasteiger partial charge in [-0.05, 0) is 65.1 Å². The molecule has 1 amide bonds. The number of hydrogen-bond donors (Lipinski definition) is 4. The first kappa shape index (κ1) is 25.6. The number of carboxylic acids is 1. The number of nitrogens with one attached hydrogen (secondary N) is 2. The van der Waals surface area contributed by atoms with Crippen molar-refractivity contribution in [1.29, 1.82) is 0 Å². The van der Waals surface area contributed by atoms with Crippen molar-refractivity contribution in [3.8, 4) is 0 Å². The molecule has 0 spiro atoms. The highest BCUT2D eigenvalue weighted by Crippen LogP contribution is 2.20. The van der Waals surface area contributed by atoms with Crippen LogP contribution in [0.25, 0.3) is 0 Å². The van der Waals surface area contributed by atoms with Gasteiger partial charge in [0.25, 0.3) is 5.91 Å². The van der Waals surface area contributed by atoms with Crippen molar-refractivity contribution in [2.24, 2.45) is 0 Å². The number of hydrogen-bond acceptors (Lipinski definition) is 6. The van der Waals surface area contributed by atoms with Crippen molar-refractivity contribution in [1.82, 2.24) is 0 Å². The standard InChI is InChI=1S/C29H26N2O6/c32-28(26-13-3-4-14-27(26)29(33)34)30-24-11-5-7-20(16-24)15-21-8-6-12-25(17-21)31-36-18-22-9-1-2-10-23(22)19-37-35/h1-14,16-17,31,35H,15,18-19H2,(H,30,32)(H,33,34). The molecule has 0 aliphatic carbocycles. The predicted molar refractivity (Wildman–Crippen MR) is 139 cm³/mol. The zero-order valence-electron chi connectivity index (χ0n) is 19.9. The lowest BCUT2D eigenvalue weighted by molar-refractivity contribution is -0.253. The Hall–Kier alpha value is -4.50. The van der Waals surface area contributed by atoms with Gasteiger partial charge >= 0.3 is 5.97 Å². The van der Waals surface area contributed by atoms with Crippen LogP contribution in [0.3, 0.4) is 0 Å². The van der Waals surface area contributed by atoms with Crippen molar-refractivity contribution in [2.45, 2.75) is 19.6 Å². The second-order valence-corrected chi connectivity index (χ2v) is 8.32. The average Bonchev–Trinajstić information content (AvgIpc) is 2.90. The summed E-state index contributed by atoms with van der Waals surface area (Å²) in [5.41, 5.74) is 8.09. The molecule has 0 heterocycles. The number of anilines is 2. The van der Waals surface area contributed by atoms with Gasteiger partial charge in [0.2, 0.25) is 0 Å². The van der Waals surface area contributed by atoms with Crippen LogP contribution in [-0.2, 0) is 29.4 Å². The second kappa shape index (κ2) is 12.5. The molecular formula is C29H26N2O6. The Bertz CT molecular complexity index is 1390. The normalized spacial score (nSPS) is 10.6. The van der Waals surface area contributed by atoms with Crippen LogP contribution in [0.1, 0.15) is 43.0 Å². The molecule has 0 bridgehead atoms. The van der Waals surface area contributed by atoms with Crippen LogP contribution in [0, 0.1) is 0 Å². The van der Waals surface area contributed by atoms with E-state index in [0.717, 1.165) is 27.9 Å². The minimum atomic E-state index is -1.15. The van der Waals surface area contributed by atoms with E-state index in [1.807, 2.05) is 66.7 Å². The number of carboxylic acid groups (broad SMARTS) is 1. The smallest absolute Gasteiger partial charge is 0.336 e. The first-order chi connectivity index (χ1) is 18.0. The number of aromatic carboxylic acids is 1. The molecule has 37 heavy (non-hydrogen) atoms. The SMILES string of the molecule is O=C(O)c1ccccc1C(=O)Nc1cccc(Cc2cccc(NOCc3ccccc3COO)c2)c1. The third-order valence-electron chi connectivity index (χ3n) is 5.68. The van der Waals surface area contributed by atoms with Crippen LogP contribution in [0.5, 0.6) is 0 Å². The molecule has 0 saturated heterocycles. The summed E-state index contributed by atoms with van der Waals surface area (Å²) in [4.78, 5) is 34.0. The maximum absolute atomic E-state index is 12.7. The first-order valence-electron chi connectivity index (χ1n) is 11.6. The quantitative estimate of drug-likeness (QED) is 0.153. The van der Waals surface area contributed by atoms with Crippen LogP contribution in [0.15, 0.2) is 97.1 Å². The van der Waals surface area contributed by atoms with Gasteiger partial charge in [0.15, 0.2) is 0 Å². The molecule has 8 nitrogen and oxygen atoms in total. The van der Waals surface area contributed by atoms with Crippen molar-refractivity contribution in [2.75, 3.05) is 10.8 Å².